The molecular formula is C17H25NO2. The molecule has 0 saturated carbocycles. The van der Waals surface area contributed by atoms with Gasteiger partial charge >= 0.3 is 5.97 Å². The van der Waals surface area contributed by atoms with Crippen LogP contribution in [0.5, 0.6) is 0 Å². The van der Waals surface area contributed by atoms with E-state index >= 15 is 0 Å². The number of hydrogen-bond donors (Lipinski definition) is 0. The van der Waals surface area contributed by atoms with Gasteiger partial charge in [0.25, 0.3) is 0 Å². The van der Waals surface area contributed by atoms with Crippen LogP contribution >= 0.6 is 0 Å². The van der Waals surface area contributed by atoms with E-state index in [-0.39, 0.29) is 12.1 Å². The molecule has 1 aliphatic rings. The van der Waals surface area contributed by atoms with Crippen molar-refractivity contribution in [3.05, 3.63) is 35.9 Å². The van der Waals surface area contributed by atoms with Crippen LogP contribution in [0.2, 0.25) is 0 Å². The van der Waals surface area contributed by atoms with Crippen molar-refractivity contribution in [3.63, 3.8) is 0 Å². The highest BCUT2D eigenvalue weighted by molar-refractivity contribution is 5.69. The third-order valence-electron chi connectivity index (χ3n) is 3.66. The molecule has 0 N–H and O–H groups in total. The first kappa shape index (κ1) is 15.0. The maximum atomic E-state index is 11.7. The Labute approximate surface area is 121 Å². The van der Waals surface area contributed by atoms with Crippen molar-refractivity contribution < 1.29 is 9.53 Å². The first-order chi connectivity index (χ1) is 9.63. The molecule has 0 unspecified atom stereocenters. The minimum absolute atomic E-state index is 0.0403. The number of ether oxygens (including phenoxy) is 1. The molecular weight excluding hydrogens is 250 g/mol. The molecule has 0 atom stereocenters. The van der Waals surface area contributed by atoms with Crippen molar-refractivity contribution in [1.82, 2.24) is 4.90 Å². The van der Waals surface area contributed by atoms with Gasteiger partial charge in [-0.3, -0.25) is 9.69 Å². The molecule has 0 aromatic heterocycles. The summed E-state index contributed by atoms with van der Waals surface area (Å²) in [5.74, 6) is 0.335. The van der Waals surface area contributed by atoms with Crippen molar-refractivity contribution in [2.24, 2.45) is 5.92 Å². The lowest BCUT2D eigenvalue weighted by Crippen LogP contribution is -2.37. The fourth-order valence-corrected chi connectivity index (χ4v) is 2.59. The topological polar surface area (TPSA) is 29.5 Å². The van der Waals surface area contributed by atoms with Gasteiger partial charge in [0.05, 0.1) is 0 Å². The van der Waals surface area contributed by atoms with Gasteiger partial charge in [-0.05, 0) is 24.3 Å². The predicted octanol–water partition coefficient (Wildman–Crippen LogP) is 3.24. The normalized spacial score (nSPS) is 17.4. The molecule has 1 aromatic rings. The van der Waals surface area contributed by atoms with Gasteiger partial charge in [-0.25, -0.2) is 0 Å². The number of esters is 1. The number of carbonyl (C=O) groups excluding carboxylic acids is 1. The van der Waals surface area contributed by atoms with Crippen molar-refractivity contribution in [3.8, 4) is 0 Å². The molecule has 3 heteroatoms. The maximum absolute atomic E-state index is 11.7. The lowest BCUT2D eigenvalue weighted by molar-refractivity contribution is -0.152. The van der Waals surface area contributed by atoms with Gasteiger partial charge in [0, 0.05) is 26.1 Å². The van der Waals surface area contributed by atoms with Crippen molar-refractivity contribution in [2.45, 2.75) is 45.8 Å². The van der Waals surface area contributed by atoms with Crippen LogP contribution in [-0.2, 0) is 16.1 Å². The largest absolute Gasteiger partial charge is 0.462 e. The summed E-state index contributed by atoms with van der Waals surface area (Å²) in [6.45, 7) is 7.10. The molecule has 1 aromatic carbocycles. The van der Waals surface area contributed by atoms with Crippen LogP contribution in [0.15, 0.2) is 30.3 Å². The van der Waals surface area contributed by atoms with Crippen LogP contribution in [0.3, 0.4) is 0 Å². The molecule has 1 saturated heterocycles. The smallest absolute Gasteiger partial charge is 0.306 e. The average molecular weight is 275 g/mol. The molecule has 0 spiro atoms. The van der Waals surface area contributed by atoms with Crippen molar-refractivity contribution in [1.29, 1.82) is 0 Å². The summed E-state index contributed by atoms with van der Waals surface area (Å²) in [6, 6.07) is 10.5. The first-order valence-corrected chi connectivity index (χ1v) is 7.59. The third-order valence-corrected chi connectivity index (χ3v) is 3.66. The average Bonchev–Trinajstić information content (AvgIpc) is 2.41. The SMILES string of the molecule is CC(C)CC(=O)OC1CCN(Cc2ccccc2)CC1. The van der Waals surface area contributed by atoms with Crippen LogP contribution < -0.4 is 0 Å². The Morgan fingerprint density at radius 1 is 1.25 bits per heavy atom. The minimum Gasteiger partial charge on any atom is -0.462 e. The lowest BCUT2D eigenvalue weighted by Gasteiger charge is -2.31. The van der Waals surface area contributed by atoms with E-state index in [0.717, 1.165) is 32.5 Å². The van der Waals surface area contributed by atoms with E-state index in [2.05, 4.69) is 29.2 Å². The highest BCUT2D eigenvalue weighted by Crippen LogP contribution is 2.17. The quantitative estimate of drug-likeness (QED) is 0.773. The number of hydrogen-bond acceptors (Lipinski definition) is 3. The number of carbonyl (C=O) groups is 1. The van der Waals surface area contributed by atoms with Crippen LogP contribution in [0.25, 0.3) is 0 Å². The number of benzene rings is 1. The highest BCUT2D eigenvalue weighted by atomic mass is 16.5. The van der Waals surface area contributed by atoms with Crippen molar-refractivity contribution in [2.75, 3.05) is 13.1 Å². The molecule has 1 aliphatic heterocycles. The second-order valence-corrected chi connectivity index (χ2v) is 6.05. The van der Waals surface area contributed by atoms with E-state index in [1.54, 1.807) is 0 Å². The summed E-state index contributed by atoms with van der Waals surface area (Å²) >= 11 is 0. The van der Waals surface area contributed by atoms with Crippen LogP contribution in [0.1, 0.15) is 38.7 Å². The molecule has 1 heterocycles. The van der Waals surface area contributed by atoms with Crippen LogP contribution in [0.4, 0.5) is 0 Å². The van der Waals surface area contributed by atoms with E-state index in [1.165, 1.54) is 5.56 Å². The van der Waals surface area contributed by atoms with Gasteiger partial charge in [0.1, 0.15) is 6.10 Å². The summed E-state index contributed by atoms with van der Waals surface area (Å²) in [7, 11) is 0. The predicted molar refractivity (Wildman–Crippen MR) is 80.3 cm³/mol. The van der Waals surface area contributed by atoms with E-state index < -0.39 is 0 Å². The fourth-order valence-electron chi connectivity index (χ4n) is 2.59. The van der Waals surface area contributed by atoms with Gasteiger partial charge in [0.15, 0.2) is 0 Å². The number of rotatable bonds is 5. The zero-order valence-electron chi connectivity index (χ0n) is 12.5. The molecule has 3 nitrogen and oxygen atoms in total. The van der Waals surface area contributed by atoms with Gasteiger partial charge in [-0.1, -0.05) is 44.2 Å². The standard InChI is InChI=1S/C17H25NO2/c1-14(2)12-17(19)20-16-8-10-18(11-9-16)13-15-6-4-3-5-7-15/h3-7,14,16H,8-13H2,1-2H3. The summed E-state index contributed by atoms with van der Waals surface area (Å²) in [4.78, 5) is 14.1. The summed E-state index contributed by atoms with van der Waals surface area (Å²) in [6.07, 6.45) is 2.56. The molecule has 1 fully saturated rings. The Morgan fingerprint density at radius 3 is 2.50 bits per heavy atom. The van der Waals surface area contributed by atoms with E-state index in [1.807, 2.05) is 19.9 Å². The van der Waals surface area contributed by atoms with E-state index in [4.69, 9.17) is 4.74 Å². The molecule has 2 rings (SSSR count). The number of piperidine rings is 1. The van der Waals surface area contributed by atoms with Crippen LogP contribution in [-0.4, -0.2) is 30.1 Å². The summed E-state index contributed by atoms with van der Waals surface area (Å²) < 4.78 is 5.54. The van der Waals surface area contributed by atoms with Crippen LogP contribution in [0, 0.1) is 5.92 Å². The van der Waals surface area contributed by atoms with Gasteiger partial charge in [-0.2, -0.15) is 0 Å². The monoisotopic (exact) mass is 275 g/mol. The fraction of sp³-hybridized carbons (Fsp3) is 0.588. The second-order valence-electron chi connectivity index (χ2n) is 6.05. The lowest BCUT2D eigenvalue weighted by atomic mass is 10.1. The molecule has 0 bridgehead atoms. The Bertz CT molecular complexity index is 408. The summed E-state index contributed by atoms with van der Waals surface area (Å²) in [5, 5.41) is 0. The van der Waals surface area contributed by atoms with E-state index in [0.29, 0.717) is 12.3 Å². The molecule has 0 aliphatic carbocycles. The Balaban J connectivity index is 1.71. The zero-order valence-corrected chi connectivity index (χ0v) is 12.5. The van der Waals surface area contributed by atoms with E-state index in [9.17, 15) is 4.79 Å². The highest BCUT2D eigenvalue weighted by Gasteiger charge is 2.22. The molecule has 0 radical (unpaired) electrons. The molecule has 110 valence electrons. The maximum Gasteiger partial charge on any atom is 0.306 e. The van der Waals surface area contributed by atoms with Gasteiger partial charge in [-0.15, -0.1) is 0 Å². The third kappa shape index (κ3) is 4.97. The summed E-state index contributed by atoms with van der Waals surface area (Å²) in [5.41, 5.74) is 1.35. The number of likely N-dealkylation sites (tertiary alicyclic amines) is 1. The molecule has 20 heavy (non-hydrogen) atoms. The van der Waals surface area contributed by atoms with Gasteiger partial charge in [0.2, 0.25) is 0 Å². The minimum atomic E-state index is -0.0403. The number of nitrogens with zero attached hydrogens (tertiary/aromatic N) is 1. The molecule has 0 amide bonds. The Morgan fingerprint density at radius 2 is 1.90 bits per heavy atom. The Hall–Kier alpha value is -1.35. The zero-order chi connectivity index (χ0) is 14.4. The Kier molecular flexibility index (Phi) is 5.60. The second kappa shape index (κ2) is 7.44. The van der Waals surface area contributed by atoms with Crippen molar-refractivity contribution >= 4 is 5.97 Å². The van der Waals surface area contributed by atoms with Gasteiger partial charge < -0.3 is 4.74 Å². The first-order valence-electron chi connectivity index (χ1n) is 7.59.